The topological polar surface area (TPSA) is 41.1 Å². The zero-order valence-electron chi connectivity index (χ0n) is 11.9. The van der Waals surface area contributed by atoms with Crippen LogP contribution in [0.15, 0.2) is 54.6 Å². The van der Waals surface area contributed by atoms with Crippen LogP contribution in [0.4, 0.5) is 11.4 Å². The lowest BCUT2D eigenvalue weighted by atomic mass is 10.2. The van der Waals surface area contributed by atoms with E-state index in [-0.39, 0.29) is 5.91 Å². The molecule has 20 heavy (non-hydrogen) atoms. The van der Waals surface area contributed by atoms with Crippen LogP contribution in [0.25, 0.3) is 0 Å². The maximum absolute atomic E-state index is 12.1. The smallest absolute Gasteiger partial charge is 0.255 e. The Morgan fingerprint density at radius 2 is 1.75 bits per heavy atom. The quantitative estimate of drug-likeness (QED) is 0.855. The molecule has 0 aliphatic carbocycles. The fraction of sp³-hybridized carbons (Fsp3) is 0.235. The van der Waals surface area contributed by atoms with Gasteiger partial charge in [0.15, 0.2) is 0 Å². The summed E-state index contributed by atoms with van der Waals surface area (Å²) in [4.78, 5) is 12.1. The maximum Gasteiger partial charge on any atom is 0.255 e. The number of nitrogens with one attached hydrogen (secondary N) is 2. The molecule has 0 aliphatic rings. The van der Waals surface area contributed by atoms with E-state index in [1.54, 1.807) is 12.1 Å². The largest absolute Gasteiger partial charge is 0.383 e. The van der Waals surface area contributed by atoms with Gasteiger partial charge >= 0.3 is 0 Å². The zero-order valence-corrected chi connectivity index (χ0v) is 11.9. The van der Waals surface area contributed by atoms with Crippen molar-refractivity contribution in [1.29, 1.82) is 0 Å². The van der Waals surface area contributed by atoms with Crippen molar-refractivity contribution in [3.05, 3.63) is 60.2 Å². The molecule has 2 aromatic carbocycles. The summed E-state index contributed by atoms with van der Waals surface area (Å²) >= 11 is 0. The predicted octanol–water partition coefficient (Wildman–Crippen LogP) is 4.15. The van der Waals surface area contributed by atoms with Crippen molar-refractivity contribution < 1.29 is 4.79 Å². The molecule has 0 fully saturated rings. The summed E-state index contributed by atoms with van der Waals surface area (Å²) in [7, 11) is 0. The van der Waals surface area contributed by atoms with Gasteiger partial charge in [-0.25, -0.2) is 0 Å². The van der Waals surface area contributed by atoms with Gasteiger partial charge in [0.2, 0.25) is 0 Å². The van der Waals surface area contributed by atoms with Crippen molar-refractivity contribution in [3.63, 3.8) is 0 Å². The summed E-state index contributed by atoms with van der Waals surface area (Å²) in [6, 6.07) is 17.4. The van der Waals surface area contributed by atoms with Gasteiger partial charge in [0.05, 0.1) is 0 Å². The summed E-state index contributed by atoms with van der Waals surface area (Å²) < 4.78 is 0. The first-order valence-corrected chi connectivity index (χ1v) is 6.92. The zero-order chi connectivity index (χ0) is 14.4. The lowest BCUT2D eigenvalue weighted by molar-refractivity contribution is 0.102. The molecule has 0 radical (unpaired) electrons. The fourth-order valence-corrected chi connectivity index (χ4v) is 1.87. The molecule has 0 spiro atoms. The second-order valence-electron chi connectivity index (χ2n) is 4.85. The van der Waals surface area contributed by atoms with Crippen LogP contribution >= 0.6 is 0 Å². The van der Waals surface area contributed by atoms with Crippen molar-refractivity contribution in [2.24, 2.45) is 0 Å². The van der Waals surface area contributed by atoms with Gasteiger partial charge < -0.3 is 10.6 Å². The van der Waals surface area contributed by atoms with Gasteiger partial charge in [0, 0.05) is 23.0 Å². The van der Waals surface area contributed by atoms with Crippen LogP contribution < -0.4 is 10.6 Å². The van der Waals surface area contributed by atoms with Crippen LogP contribution in [0.5, 0.6) is 0 Å². The van der Waals surface area contributed by atoms with Gasteiger partial charge in [-0.1, -0.05) is 31.2 Å². The molecule has 3 heteroatoms. The Labute approximate surface area is 120 Å². The molecular weight excluding hydrogens is 248 g/mol. The fourth-order valence-electron chi connectivity index (χ4n) is 1.87. The van der Waals surface area contributed by atoms with Crippen LogP contribution in [0.2, 0.25) is 0 Å². The van der Waals surface area contributed by atoms with Gasteiger partial charge in [-0.3, -0.25) is 4.79 Å². The minimum absolute atomic E-state index is 0.0914. The van der Waals surface area contributed by atoms with Crippen molar-refractivity contribution >= 4 is 17.3 Å². The number of hydrogen-bond acceptors (Lipinski definition) is 2. The van der Waals surface area contributed by atoms with E-state index in [1.807, 2.05) is 42.5 Å². The van der Waals surface area contributed by atoms with Crippen LogP contribution in [0.1, 0.15) is 30.6 Å². The maximum atomic E-state index is 12.1. The number of anilines is 2. The number of benzene rings is 2. The third-order valence-corrected chi connectivity index (χ3v) is 3.18. The molecule has 2 aromatic rings. The van der Waals surface area contributed by atoms with E-state index in [2.05, 4.69) is 24.5 Å². The highest BCUT2D eigenvalue weighted by molar-refractivity contribution is 6.04. The van der Waals surface area contributed by atoms with Crippen LogP contribution in [-0.2, 0) is 0 Å². The molecule has 1 unspecified atom stereocenters. The number of amides is 1. The van der Waals surface area contributed by atoms with Crippen LogP contribution in [0.3, 0.4) is 0 Å². The van der Waals surface area contributed by atoms with Crippen LogP contribution in [0, 0.1) is 0 Å². The average molecular weight is 268 g/mol. The van der Waals surface area contributed by atoms with E-state index in [0.717, 1.165) is 17.8 Å². The van der Waals surface area contributed by atoms with Crippen molar-refractivity contribution in [1.82, 2.24) is 0 Å². The molecule has 1 atom stereocenters. The van der Waals surface area contributed by atoms with Gasteiger partial charge in [-0.15, -0.1) is 0 Å². The Bertz CT molecular complexity index is 566. The molecule has 2 N–H and O–H groups in total. The van der Waals surface area contributed by atoms with E-state index in [4.69, 9.17) is 0 Å². The summed E-state index contributed by atoms with van der Waals surface area (Å²) in [5.41, 5.74) is 2.48. The molecule has 0 saturated heterocycles. The molecular formula is C17H20N2O. The Hall–Kier alpha value is -2.29. The van der Waals surface area contributed by atoms with Gasteiger partial charge in [-0.2, -0.15) is 0 Å². The molecule has 104 valence electrons. The Morgan fingerprint density at radius 3 is 2.45 bits per heavy atom. The predicted molar refractivity (Wildman–Crippen MR) is 84.2 cm³/mol. The van der Waals surface area contributed by atoms with Crippen LogP contribution in [-0.4, -0.2) is 11.9 Å². The Kier molecular flexibility index (Phi) is 4.77. The normalized spacial score (nSPS) is 11.7. The standard InChI is InChI=1S/C17H20N2O/c1-3-13(2)18-15-10-7-11-16(12-15)19-17(20)14-8-5-4-6-9-14/h4-13,18H,3H2,1-2H3,(H,19,20). The third kappa shape index (κ3) is 3.85. The first-order valence-electron chi connectivity index (χ1n) is 6.92. The first-order chi connectivity index (χ1) is 9.69. The third-order valence-electron chi connectivity index (χ3n) is 3.18. The number of carbonyl (C=O) groups excluding carboxylic acids is 1. The van der Waals surface area contributed by atoms with Gasteiger partial charge in [0.1, 0.15) is 0 Å². The molecule has 2 rings (SSSR count). The number of carbonyl (C=O) groups is 1. The molecule has 0 aliphatic heterocycles. The van der Waals surface area contributed by atoms with Crippen molar-refractivity contribution in [3.8, 4) is 0 Å². The van der Waals surface area contributed by atoms with Gasteiger partial charge in [-0.05, 0) is 43.7 Å². The van der Waals surface area contributed by atoms with Gasteiger partial charge in [0.25, 0.3) is 5.91 Å². The SMILES string of the molecule is CCC(C)Nc1cccc(NC(=O)c2ccccc2)c1. The van der Waals surface area contributed by atoms with Crippen molar-refractivity contribution in [2.75, 3.05) is 10.6 Å². The number of rotatable bonds is 5. The average Bonchev–Trinajstić information content (AvgIpc) is 2.48. The van der Waals surface area contributed by atoms with E-state index < -0.39 is 0 Å². The van der Waals surface area contributed by atoms with E-state index >= 15 is 0 Å². The van der Waals surface area contributed by atoms with E-state index in [1.165, 1.54) is 0 Å². The molecule has 0 bridgehead atoms. The second kappa shape index (κ2) is 6.75. The lowest BCUT2D eigenvalue weighted by Gasteiger charge is -2.14. The Balaban J connectivity index is 2.06. The highest BCUT2D eigenvalue weighted by atomic mass is 16.1. The number of hydrogen-bond donors (Lipinski definition) is 2. The molecule has 0 heterocycles. The van der Waals surface area contributed by atoms with Crippen molar-refractivity contribution in [2.45, 2.75) is 26.3 Å². The highest BCUT2D eigenvalue weighted by Crippen LogP contribution is 2.17. The second-order valence-corrected chi connectivity index (χ2v) is 4.85. The first kappa shape index (κ1) is 14.1. The van der Waals surface area contributed by atoms with E-state index in [0.29, 0.717) is 11.6 Å². The minimum atomic E-state index is -0.0914. The molecule has 1 amide bonds. The Morgan fingerprint density at radius 1 is 1.05 bits per heavy atom. The highest BCUT2D eigenvalue weighted by Gasteiger charge is 2.06. The summed E-state index contributed by atoms with van der Waals surface area (Å²) in [6.07, 6.45) is 1.06. The van der Waals surface area contributed by atoms with E-state index in [9.17, 15) is 4.79 Å². The lowest BCUT2D eigenvalue weighted by Crippen LogP contribution is -2.14. The summed E-state index contributed by atoms with van der Waals surface area (Å²) in [6.45, 7) is 4.27. The monoisotopic (exact) mass is 268 g/mol. The minimum Gasteiger partial charge on any atom is -0.383 e. The summed E-state index contributed by atoms with van der Waals surface area (Å²) in [5.74, 6) is -0.0914. The molecule has 0 saturated carbocycles. The summed E-state index contributed by atoms with van der Waals surface area (Å²) in [5, 5.41) is 6.30. The molecule has 0 aromatic heterocycles. The molecule has 3 nitrogen and oxygen atoms in total.